The van der Waals surface area contributed by atoms with Crippen molar-refractivity contribution in [2.45, 2.75) is 38.9 Å². The summed E-state index contributed by atoms with van der Waals surface area (Å²) in [6, 6.07) is -0.216. The summed E-state index contributed by atoms with van der Waals surface area (Å²) in [7, 11) is 0. The van der Waals surface area contributed by atoms with Crippen molar-refractivity contribution >= 4 is 0 Å². The second kappa shape index (κ2) is 5.27. The zero-order valence-corrected chi connectivity index (χ0v) is 8.04. The molecule has 0 aromatic rings. The number of hydrogen-bond acceptors (Lipinski definition) is 1. The maximum atomic E-state index is 11.9. The van der Waals surface area contributed by atoms with Gasteiger partial charge in [0.15, 0.2) is 0 Å². The molecule has 0 aromatic carbocycles. The molecule has 4 heteroatoms. The van der Waals surface area contributed by atoms with E-state index in [-0.39, 0.29) is 12.5 Å². The number of hydrogen-bond donors (Lipinski definition) is 1. The van der Waals surface area contributed by atoms with Gasteiger partial charge < -0.3 is 5.32 Å². The molecule has 0 radical (unpaired) electrons. The lowest BCUT2D eigenvalue weighted by atomic mass is 10.1. The second-order valence-electron chi connectivity index (χ2n) is 3.11. The third kappa shape index (κ3) is 6.63. The number of likely N-dealkylation sites (N-methyl/N-ethyl adjacent to an activating group) is 1. The van der Waals surface area contributed by atoms with Crippen molar-refractivity contribution in [2.75, 3.05) is 6.54 Å². The summed E-state index contributed by atoms with van der Waals surface area (Å²) >= 11 is 0. The van der Waals surface area contributed by atoms with Crippen LogP contribution in [0, 0.1) is 0 Å². The van der Waals surface area contributed by atoms with Gasteiger partial charge in [-0.25, -0.2) is 0 Å². The lowest BCUT2D eigenvalue weighted by Crippen LogP contribution is -2.31. The minimum atomic E-state index is -4.07. The average Bonchev–Trinajstić information content (AvgIpc) is 1.95. The molecule has 0 bridgehead atoms. The van der Waals surface area contributed by atoms with Gasteiger partial charge in [0.2, 0.25) is 0 Å². The van der Waals surface area contributed by atoms with Gasteiger partial charge in [0.25, 0.3) is 0 Å². The molecule has 0 aromatic heterocycles. The summed E-state index contributed by atoms with van der Waals surface area (Å²) in [5.41, 5.74) is 0.756. The molecule has 1 atom stereocenters. The summed E-state index contributed by atoms with van der Waals surface area (Å²) in [6.45, 7) is 7.91. The molecule has 1 unspecified atom stereocenters. The topological polar surface area (TPSA) is 12.0 Å². The van der Waals surface area contributed by atoms with Gasteiger partial charge in [0.05, 0.1) is 0 Å². The monoisotopic (exact) mass is 195 g/mol. The highest BCUT2D eigenvalue weighted by Gasteiger charge is 2.28. The van der Waals surface area contributed by atoms with Gasteiger partial charge in [0, 0.05) is 12.5 Å². The molecule has 0 aliphatic heterocycles. The molecule has 13 heavy (non-hydrogen) atoms. The Morgan fingerprint density at radius 2 is 2.00 bits per heavy atom. The minimum absolute atomic E-state index is 0.0761. The van der Waals surface area contributed by atoms with Crippen LogP contribution in [0.4, 0.5) is 13.2 Å². The van der Waals surface area contributed by atoms with Crippen LogP contribution in [0.5, 0.6) is 0 Å². The van der Waals surface area contributed by atoms with Crippen molar-refractivity contribution in [2.24, 2.45) is 0 Å². The molecule has 1 nitrogen and oxygen atoms in total. The lowest BCUT2D eigenvalue weighted by Gasteiger charge is -2.18. The maximum Gasteiger partial charge on any atom is 0.389 e. The van der Waals surface area contributed by atoms with Gasteiger partial charge in [-0.3, -0.25) is 0 Å². The summed E-state index contributed by atoms with van der Waals surface area (Å²) < 4.78 is 35.6. The number of alkyl halides is 3. The van der Waals surface area contributed by atoms with Crippen LogP contribution in [0.1, 0.15) is 26.7 Å². The van der Waals surface area contributed by atoms with Crippen LogP contribution in [0.2, 0.25) is 0 Å². The predicted molar refractivity (Wildman–Crippen MR) is 47.6 cm³/mol. The molecular weight excluding hydrogens is 179 g/mol. The van der Waals surface area contributed by atoms with Crippen LogP contribution in [0.15, 0.2) is 12.2 Å². The van der Waals surface area contributed by atoms with Gasteiger partial charge in [-0.05, 0) is 19.9 Å². The fraction of sp³-hybridized carbons (Fsp3) is 0.778. The Balaban J connectivity index is 3.90. The van der Waals surface area contributed by atoms with Gasteiger partial charge >= 0.3 is 6.18 Å². The Labute approximate surface area is 77.0 Å². The zero-order valence-electron chi connectivity index (χ0n) is 8.04. The van der Waals surface area contributed by atoms with Gasteiger partial charge in [-0.1, -0.05) is 19.1 Å². The van der Waals surface area contributed by atoms with E-state index in [2.05, 4.69) is 11.9 Å². The molecule has 1 N–H and O–H groups in total. The van der Waals surface area contributed by atoms with E-state index in [1.807, 2.05) is 6.92 Å². The number of rotatable bonds is 5. The van der Waals surface area contributed by atoms with E-state index in [1.165, 1.54) is 0 Å². The molecular formula is C9H16F3N. The Morgan fingerprint density at radius 3 is 2.31 bits per heavy atom. The van der Waals surface area contributed by atoms with Crippen molar-refractivity contribution in [1.29, 1.82) is 0 Å². The van der Waals surface area contributed by atoms with Crippen molar-refractivity contribution in [1.82, 2.24) is 5.32 Å². The van der Waals surface area contributed by atoms with Crippen LogP contribution in [0.25, 0.3) is 0 Å². The van der Waals surface area contributed by atoms with E-state index in [9.17, 15) is 13.2 Å². The second-order valence-corrected chi connectivity index (χ2v) is 3.11. The Bertz CT molecular complexity index is 163. The van der Waals surface area contributed by atoms with E-state index in [4.69, 9.17) is 0 Å². The molecule has 0 amide bonds. The third-order valence-electron chi connectivity index (χ3n) is 1.76. The van der Waals surface area contributed by atoms with Crippen LogP contribution in [0.3, 0.4) is 0 Å². The fourth-order valence-electron chi connectivity index (χ4n) is 1.08. The van der Waals surface area contributed by atoms with Crippen molar-refractivity contribution in [3.63, 3.8) is 0 Å². The molecule has 0 rings (SSSR count). The summed E-state index contributed by atoms with van der Waals surface area (Å²) in [5, 5.41) is 2.96. The standard InChI is InChI=1S/C9H16F3N/c1-4-13-8(7(2)3)5-6-9(10,11)12/h8,13H,2,4-6H2,1,3H3. The molecule has 0 saturated heterocycles. The Morgan fingerprint density at radius 1 is 1.46 bits per heavy atom. The third-order valence-corrected chi connectivity index (χ3v) is 1.76. The first kappa shape index (κ1) is 12.5. The number of nitrogens with one attached hydrogen (secondary N) is 1. The van der Waals surface area contributed by atoms with Crippen LogP contribution in [-0.4, -0.2) is 18.8 Å². The Hall–Kier alpha value is -0.510. The van der Waals surface area contributed by atoms with Gasteiger partial charge in [0.1, 0.15) is 0 Å². The summed E-state index contributed by atoms with van der Waals surface area (Å²) in [4.78, 5) is 0. The van der Waals surface area contributed by atoms with Crippen LogP contribution in [-0.2, 0) is 0 Å². The Kier molecular flexibility index (Phi) is 5.06. The zero-order chi connectivity index (χ0) is 10.5. The first-order valence-electron chi connectivity index (χ1n) is 4.32. The molecule has 0 heterocycles. The van der Waals surface area contributed by atoms with Crippen molar-refractivity contribution in [3.05, 3.63) is 12.2 Å². The highest BCUT2D eigenvalue weighted by molar-refractivity contribution is 5.01. The van der Waals surface area contributed by atoms with Crippen molar-refractivity contribution < 1.29 is 13.2 Å². The van der Waals surface area contributed by atoms with E-state index < -0.39 is 12.6 Å². The van der Waals surface area contributed by atoms with E-state index >= 15 is 0 Å². The molecule has 0 aliphatic carbocycles. The molecule has 0 spiro atoms. The van der Waals surface area contributed by atoms with Gasteiger partial charge in [-0.2, -0.15) is 13.2 Å². The first-order chi connectivity index (χ1) is 5.87. The van der Waals surface area contributed by atoms with E-state index in [0.29, 0.717) is 6.54 Å². The van der Waals surface area contributed by atoms with Crippen LogP contribution >= 0.6 is 0 Å². The fourth-order valence-corrected chi connectivity index (χ4v) is 1.08. The molecule has 0 aliphatic rings. The smallest absolute Gasteiger partial charge is 0.311 e. The highest BCUT2D eigenvalue weighted by Crippen LogP contribution is 2.23. The normalized spacial score (nSPS) is 14.2. The summed E-state index contributed by atoms with van der Waals surface area (Å²) in [5.74, 6) is 0. The molecule has 0 saturated carbocycles. The average molecular weight is 195 g/mol. The quantitative estimate of drug-likeness (QED) is 0.665. The summed E-state index contributed by atoms with van der Waals surface area (Å²) in [6.07, 6.45) is -4.74. The minimum Gasteiger partial charge on any atom is -0.311 e. The first-order valence-corrected chi connectivity index (χ1v) is 4.32. The highest BCUT2D eigenvalue weighted by atomic mass is 19.4. The molecule has 78 valence electrons. The SMILES string of the molecule is C=C(C)C(CCC(F)(F)F)NCC. The maximum absolute atomic E-state index is 11.9. The predicted octanol–water partition coefficient (Wildman–Crippen LogP) is 2.88. The van der Waals surface area contributed by atoms with Crippen LogP contribution < -0.4 is 5.32 Å². The largest absolute Gasteiger partial charge is 0.389 e. The number of halogens is 3. The van der Waals surface area contributed by atoms with Crippen molar-refractivity contribution in [3.8, 4) is 0 Å². The van der Waals surface area contributed by atoms with Gasteiger partial charge in [-0.15, -0.1) is 0 Å². The molecule has 0 fully saturated rings. The van der Waals surface area contributed by atoms with E-state index in [1.54, 1.807) is 6.92 Å². The van der Waals surface area contributed by atoms with E-state index in [0.717, 1.165) is 5.57 Å². The lowest BCUT2D eigenvalue weighted by molar-refractivity contribution is -0.136.